The number of ether oxygens (including phenoxy) is 2. The Balaban J connectivity index is 0.945. The molecule has 3 atom stereocenters. The van der Waals surface area contributed by atoms with Crippen LogP contribution in [0.3, 0.4) is 0 Å². The van der Waals surface area contributed by atoms with Crippen molar-refractivity contribution in [1.29, 1.82) is 0 Å². The SMILES string of the molecule is O=C(Cc1ccc(C2(c3ccccc3)Cc3ccc(NC(=O)[C@@H]4CCCN4C(=O)OCc4ccccc4)cc3CC2=O)cc1)[C@@H]1CCCN1C(=O)OCc1ccccc1. The van der Waals surface area contributed by atoms with Gasteiger partial charge in [0.15, 0.2) is 11.6 Å². The average Bonchev–Trinajstić information content (AvgIpc) is 3.98. The second kappa shape index (κ2) is 17.5. The molecule has 1 unspecified atom stereocenters. The van der Waals surface area contributed by atoms with Crippen molar-refractivity contribution in [1.82, 2.24) is 9.80 Å². The second-order valence-corrected chi connectivity index (χ2v) is 15.6. The van der Waals surface area contributed by atoms with Gasteiger partial charge in [-0.2, -0.15) is 0 Å². The summed E-state index contributed by atoms with van der Waals surface area (Å²) < 4.78 is 11.1. The van der Waals surface area contributed by atoms with E-state index in [-0.39, 0.29) is 43.5 Å². The molecule has 5 aromatic rings. The molecule has 3 aliphatic rings. The van der Waals surface area contributed by atoms with E-state index in [1.54, 1.807) is 4.90 Å². The Morgan fingerprint density at radius 3 is 1.76 bits per heavy atom. The fraction of sp³-hybridized carbons (Fsp3) is 0.286. The van der Waals surface area contributed by atoms with E-state index in [1.807, 2.05) is 133 Å². The third kappa shape index (κ3) is 8.53. The summed E-state index contributed by atoms with van der Waals surface area (Å²) in [5, 5.41) is 3.00. The van der Waals surface area contributed by atoms with E-state index in [9.17, 15) is 24.0 Å². The van der Waals surface area contributed by atoms with Gasteiger partial charge in [0, 0.05) is 31.6 Å². The third-order valence-corrected chi connectivity index (χ3v) is 11.9. The fourth-order valence-corrected chi connectivity index (χ4v) is 8.80. The predicted octanol–water partition coefficient (Wildman–Crippen LogP) is 7.99. The summed E-state index contributed by atoms with van der Waals surface area (Å²) in [5.74, 6) is -0.303. The lowest BCUT2D eigenvalue weighted by molar-refractivity contribution is -0.123. The molecule has 2 aliphatic heterocycles. The Labute approximate surface area is 344 Å². The average molecular weight is 790 g/mol. The fourth-order valence-electron chi connectivity index (χ4n) is 8.80. The van der Waals surface area contributed by atoms with Crippen molar-refractivity contribution in [2.24, 2.45) is 0 Å². The highest BCUT2D eigenvalue weighted by molar-refractivity contribution is 5.99. The third-order valence-electron chi connectivity index (χ3n) is 11.9. The molecular weight excluding hydrogens is 743 g/mol. The number of benzene rings is 5. The zero-order valence-electron chi connectivity index (χ0n) is 32.9. The maximum atomic E-state index is 14.5. The van der Waals surface area contributed by atoms with Crippen LogP contribution in [0.25, 0.3) is 0 Å². The van der Waals surface area contributed by atoms with Crippen LogP contribution in [0.1, 0.15) is 64.6 Å². The van der Waals surface area contributed by atoms with Crippen molar-refractivity contribution in [3.05, 3.63) is 172 Å². The smallest absolute Gasteiger partial charge is 0.410 e. The van der Waals surface area contributed by atoms with Gasteiger partial charge in [-0.1, -0.05) is 121 Å². The first-order chi connectivity index (χ1) is 28.8. The zero-order valence-corrected chi connectivity index (χ0v) is 32.9. The number of rotatable bonds is 11. The van der Waals surface area contributed by atoms with Crippen molar-refractivity contribution >= 4 is 35.3 Å². The molecule has 2 heterocycles. The van der Waals surface area contributed by atoms with Gasteiger partial charge in [-0.25, -0.2) is 9.59 Å². The number of nitrogens with zero attached hydrogens (tertiary/aromatic N) is 2. The summed E-state index contributed by atoms with van der Waals surface area (Å²) in [7, 11) is 0. The van der Waals surface area contributed by atoms with Crippen LogP contribution in [0.15, 0.2) is 133 Å². The summed E-state index contributed by atoms with van der Waals surface area (Å²) in [6, 6.07) is 40.9. The van der Waals surface area contributed by atoms with Gasteiger partial charge in [-0.3, -0.25) is 24.2 Å². The van der Waals surface area contributed by atoms with E-state index in [2.05, 4.69) is 5.32 Å². The Kier molecular flexibility index (Phi) is 11.7. The topological polar surface area (TPSA) is 122 Å². The molecule has 0 radical (unpaired) electrons. The summed E-state index contributed by atoms with van der Waals surface area (Å²) in [4.78, 5) is 70.7. The second-order valence-electron chi connectivity index (χ2n) is 15.6. The molecule has 300 valence electrons. The van der Waals surface area contributed by atoms with Crippen LogP contribution in [-0.2, 0) is 61.7 Å². The number of ketones is 2. The highest BCUT2D eigenvalue weighted by atomic mass is 16.6. The summed E-state index contributed by atoms with van der Waals surface area (Å²) in [5.41, 5.74) is 5.73. The minimum absolute atomic E-state index is 0.0299. The van der Waals surface area contributed by atoms with Gasteiger partial charge in [-0.05, 0) is 83.2 Å². The van der Waals surface area contributed by atoms with Crippen molar-refractivity contribution < 1.29 is 33.4 Å². The summed E-state index contributed by atoms with van der Waals surface area (Å²) >= 11 is 0. The van der Waals surface area contributed by atoms with E-state index >= 15 is 0 Å². The molecule has 0 aromatic heterocycles. The van der Waals surface area contributed by atoms with Crippen molar-refractivity contribution in [3.8, 4) is 0 Å². The number of amides is 3. The lowest BCUT2D eigenvalue weighted by atomic mass is 9.63. The van der Waals surface area contributed by atoms with Gasteiger partial charge in [0.25, 0.3) is 0 Å². The number of Topliss-reactive ketones (excluding diaryl/α,β-unsaturated/α-hetero) is 2. The number of hydrogen-bond acceptors (Lipinski definition) is 7. The molecule has 1 N–H and O–H groups in total. The minimum Gasteiger partial charge on any atom is -0.445 e. The molecule has 1 aliphatic carbocycles. The lowest BCUT2D eigenvalue weighted by Crippen LogP contribution is -2.44. The normalized spacial score (nSPS) is 19.8. The van der Waals surface area contributed by atoms with Crippen LogP contribution in [0.2, 0.25) is 0 Å². The van der Waals surface area contributed by atoms with Crippen LogP contribution in [0.4, 0.5) is 15.3 Å². The molecular formula is C49H47N3O7. The van der Waals surface area contributed by atoms with Crippen LogP contribution < -0.4 is 5.32 Å². The molecule has 2 saturated heterocycles. The Bertz CT molecular complexity index is 2320. The first-order valence-corrected chi connectivity index (χ1v) is 20.4. The van der Waals surface area contributed by atoms with Crippen LogP contribution in [0, 0.1) is 0 Å². The van der Waals surface area contributed by atoms with Gasteiger partial charge < -0.3 is 14.8 Å². The van der Waals surface area contributed by atoms with Crippen LogP contribution in [0.5, 0.6) is 0 Å². The van der Waals surface area contributed by atoms with Gasteiger partial charge in [0.1, 0.15) is 19.3 Å². The number of nitrogens with one attached hydrogen (secondary N) is 1. The maximum absolute atomic E-state index is 14.5. The zero-order chi connectivity index (χ0) is 40.8. The number of fused-ring (bicyclic) bond motifs is 1. The minimum atomic E-state index is -0.962. The monoisotopic (exact) mass is 789 g/mol. The molecule has 2 fully saturated rings. The number of carbonyl (C=O) groups excluding carboxylic acids is 5. The quantitative estimate of drug-likeness (QED) is 0.144. The van der Waals surface area contributed by atoms with Crippen LogP contribution in [-0.4, -0.2) is 64.6 Å². The maximum Gasteiger partial charge on any atom is 0.410 e. The van der Waals surface area contributed by atoms with E-state index in [4.69, 9.17) is 9.47 Å². The molecule has 3 amide bonds. The standard InChI is InChI=1S/C49H47N3O7/c53-44(42-18-10-26-51(42)47(56)58-32-35-12-4-1-5-13-35)28-34-20-23-40(24-21-34)49(39-16-8-3-9-17-39)31-37-22-25-41(29-38(37)30-45(49)54)50-46(55)43-19-11-27-52(43)48(57)59-33-36-14-6-2-7-15-36/h1-9,12-17,20-25,29,42-43H,10-11,18-19,26-28,30-33H2,(H,50,55)/t42-,43-,49?/m0/s1. The largest absolute Gasteiger partial charge is 0.445 e. The molecule has 0 spiro atoms. The van der Waals surface area contributed by atoms with Gasteiger partial charge in [-0.15, -0.1) is 0 Å². The molecule has 5 aromatic carbocycles. The van der Waals surface area contributed by atoms with Gasteiger partial charge >= 0.3 is 12.2 Å². The van der Waals surface area contributed by atoms with Gasteiger partial charge in [0.2, 0.25) is 5.91 Å². The predicted molar refractivity (Wildman–Crippen MR) is 223 cm³/mol. The van der Waals surface area contributed by atoms with Crippen molar-refractivity contribution in [2.75, 3.05) is 18.4 Å². The molecule has 10 heteroatoms. The van der Waals surface area contributed by atoms with E-state index in [1.165, 1.54) is 4.90 Å². The highest BCUT2D eigenvalue weighted by Gasteiger charge is 2.45. The number of anilines is 1. The number of hydrogen-bond donors (Lipinski definition) is 1. The molecule has 0 saturated carbocycles. The summed E-state index contributed by atoms with van der Waals surface area (Å²) in [6.07, 6.45) is 2.30. The first-order valence-electron chi connectivity index (χ1n) is 20.4. The Morgan fingerprint density at radius 1 is 0.610 bits per heavy atom. The van der Waals surface area contributed by atoms with Crippen LogP contribution >= 0.6 is 0 Å². The summed E-state index contributed by atoms with van der Waals surface area (Å²) in [6.45, 7) is 1.20. The van der Waals surface area contributed by atoms with E-state index < -0.39 is 29.7 Å². The lowest BCUT2D eigenvalue weighted by Gasteiger charge is -2.38. The highest BCUT2D eigenvalue weighted by Crippen LogP contribution is 2.42. The van der Waals surface area contributed by atoms with Crippen molar-refractivity contribution in [2.45, 2.75) is 75.7 Å². The molecule has 0 bridgehead atoms. The Hall–Kier alpha value is -6.55. The molecule has 10 nitrogen and oxygen atoms in total. The first kappa shape index (κ1) is 39.3. The van der Waals surface area contributed by atoms with Gasteiger partial charge in [0.05, 0.1) is 11.5 Å². The van der Waals surface area contributed by atoms with E-state index in [0.717, 1.165) is 45.4 Å². The van der Waals surface area contributed by atoms with Crippen molar-refractivity contribution in [3.63, 3.8) is 0 Å². The molecule has 59 heavy (non-hydrogen) atoms. The number of carbonyl (C=O) groups is 5. The Morgan fingerprint density at radius 2 is 1.15 bits per heavy atom. The van der Waals surface area contributed by atoms with E-state index in [0.29, 0.717) is 44.5 Å². The molecule has 8 rings (SSSR count). The number of likely N-dealkylation sites (tertiary alicyclic amines) is 2.